The van der Waals surface area contributed by atoms with Gasteiger partial charge in [0.15, 0.2) is 0 Å². The number of hydrogen-bond acceptors (Lipinski definition) is 6. The standard InChI is InChI=1S/C16H24N2O5S/c1-8(2)11-14(17(19)20)12(9(3)4)16(24-23-7)13(10(5)6)15(11)18(21)22/h8-10H,1-7H3. The van der Waals surface area contributed by atoms with Crippen molar-refractivity contribution in [3.05, 3.63) is 36.9 Å². The van der Waals surface area contributed by atoms with E-state index in [2.05, 4.69) is 0 Å². The average molecular weight is 356 g/mol. The second-order valence-electron chi connectivity index (χ2n) is 6.50. The molecule has 1 aromatic rings. The van der Waals surface area contributed by atoms with Gasteiger partial charge in [0.1, 0.15) is 5.56 Å². The molecule has 8 heteroatoms. The van der Waals surface area contributed by atoms with Gasteiger partial charge in [-0.05, 0) is 17.8 Å². The molecule has 134 valence electrons. The zero-order chi connectivity index (χ0) is 18.8. The van der Waals surface area contributed by atoms with Crippen molar-refractivity contribution in [1.29, 1.82) is 0 Å². The Bertz CT molecular complexity index is 609. The summed E-state index contributed by atoms with van der Waals surface area (Å²) < 4.78 is 5.15. The van der Waals surface area contributed by atoms with Crippen LogP contribution in [0.4, 0.5) is 11.4 Å². The molecule has 0 aliphatic rings. The van der Waals surface area contributed by atoms with Gasteiger partial charge in [0.05, 0.1) is 21.9 Å². The fourth-order valence-corrected chi connectivity index (χ4v) is 3.96. The number of nitro benzene ring substituents is 2. The van der Waals surface area contributed by atoms with Crippen LogP contribution in [0.2, 0.25) is 0 Å². The molecule has 0 bridgehead atoms. The third kappa shape index (κ3) is 3.70. The molecule has 0 unspecified atom stereocenters. The highest BCUT2D eigenvalue weighted by molar-refractivity contribution is 7.94. The highest BCUT2D eigenvalue weighted by Gasteiger charge is 2.39. The molecule has 0 atom stereocenters. The van der Waals surface area contributed by atoms with Crippen molar-refractivity contribution in [2.75, 3.05) is 7.11 Å². The summed E-state index contributed by atoms with van der Waals surface area (Å²) in [5, 5.41) is 23.6. The first-order valence-corrected chi connectivity index (χ1v) is 8.53. The Balaban J connectivity index is 4.23. The lowest BCUT2D eigenvalue weighted by Gasteiger charge is -2.22. The number of benzene rings is 1. The molecule has 0 heterocycles. The van der Waals surface area contributed by atoms with Crippen LogP contribution in [0.25, 0.3) is 0 Å². The minimum Gasteiger partial charge on any atom is -0.314 e. The highest BCUT2D eigenvalue weighted by atomic mass is 32.2. The van der Waals surface area contributed by atoms with Gasteiger partial charge in [-0.1, -0.05) is 41.5 Å². The molecule has 0 N–H and O–H groups in total. The monoisotopic (exact) mass is 356 g/mol. The first kappa shape index (κ1) is 20.4. The number of hydrogen-bond donors (Lipinski definition) is 0. The number of nitrogens with zero attached hydrogens (tertiary/aromatic N) is 2. The van der Waals surface area contributed by atoms with E-state index in [0.717, 1.165) is 12.0 Å². The molecule has 0 aliphatic carbocycles. The van der Waals surface area contributed by atoms with E-state index < -0.39 is 9.85 Å². The molecule has 0 saturated carbocycles. The van der Waals surface area contributed by atoms with Crippen molar-refractivity contribution in [2.45, 2.75) is 64.2 Å². The summed E-state index contributed by atoms with van der Waals surface area (Å²) in [7, 11) is 1.45. The van der Waals surface area contributed by atoms with Crippen LogP contribution in [0.15, 0.2) is 4.90 Å². The topological polar surface area (TPSA) is 95.5 Å². The van der Waals surface area contributed by atoms with Gasteiger partial charge in [-0.25, -0.2) is 0 Å². The van der Waals surface area contributed by atoms with Crippen LogP contribution < -0.4 is 0 Å². The van der Waals surface area contributed by atoms with Gasteiger partial charge >= 0.3 is 0 Å². The van der Waals surface area contributed by atoms with E-state index in [0.29, 0.717) is 16.0 Å². The molecular formula is C16H24N2O5S. The summed E-state index contributed by atoms with van der Waals surface area (Å²) in [6, 6.07) is 0. The first-order chi connectivity index (χ1) is 11.1. The molecule has 24 heavy (non-hydrogen) atoms. The maximum Gasteiger partial charge on any atom is 0.284 e. The van der Waals surface area contributed by atoms with Crippen LogP contribution in [-0.2, 0) is 4.18 Å². The van der Waals surface area contributed by atoms with Gasteiger partial charge < -0.3 is 4.18 Å². The highest BCUT2D eigenvalue weighted by Crippen LogP contribution is 2.50. The average Bonchev–Trinajstić information content (AvgIpc) is 2.44. The molecule has 0 radical (unpaired) electrons. The molecule has 0 spiro atoms. The SMILES string of the molecule is COSc1c(C(C)C)c([N+](=O)[O-])c(C(C)C)c([N+](=O)[O-])c1C(C)C. The molecule has 0 saturated heterocycles. The first-order valence-electron chi connectivity index (χ1n) is 7.79. The maximum absolute atomic E-state index is 11.8. The van der Waals surface area contributed by atoms with Crippen molar-refractivity contribution in [1.82, 2.24) is 0 Å². The lowest BCUT2D eigenvalue weighted by Crippen LogP contribution is -2.13. The van der Waals surface area contributed by atoms with Crippen molar-refractivity contribution in [3.63, 3.8) is 0 Å². The fourth-order valence-electron chi connectivity index (χ4n) is 2.95. The Morgan fingerprint density at radius 1 is 0.792 bits per heavy atom. The van der Waals surface area contributed by atoms with Gasteiger partial charge in [-0.2, -0.15) is 0 Å². The Labute approximate surface area is 146 Å². The molecular weight excluding hydrogens is 332 g/mol. The molecule has 7 nitrogen and oxygen atoms in total. The summed E-state index contributed by atoms with van der Waals surface area (Å²) in [5.41, 5.74) is 0.888. The Kier molecular flexibility index (Phi) is 6.74. The minimum atomic E-state index is -0.499. The zero-order valence-electron chi connectivity index (χ0n) is 15.1. The Morgan fingerprint density at radius 3 is 1.33 bits per heavy atom. The van der Waals surface area contributed by atoms with Crippen LogP contribution in [0.3, 0.4) is 0 Å². The summed E-state index contributed by atoms with van der Waals surface area (Å²) in [5.74, 6) is -0.680. The normalized spacial score (nSPS) is 11.6. The quantitative estimate of drug-likeness (QED) is 0.362. The zero-order valence-corrected chi connectivity index (χ0v) is 15.9. The van der Waals surface area contributed by atoms with Gasteiger partial charge in [-0.3, -0.25) is 20.2 Å². The van der Waals surface area contributed by atoms with E-state index in [9.17, 15) is 20.2 Å². The van der Waals surface area contributed by atoms with Crippen molar-refractivity contribution < 1.29 is 14.0 Å². The number of nitro groups is 2. The third-order valence-electron chi connectivity index (χ3n) is 3.77. The van der Waals surface area contributed by atoms with E-state index in [4.69, 9.17) is 4.18 Å². The Morgan fingerprint density at radius 2 is 1.12 bits per heavy atom. The predicted octanol–water partition coefficient (Wildman–Crippen LogP) is 5.53. The van der Waals surface area contributed by atoms with E-state index in [1.54, 1.807) is 13.8 Å². The van der Waals surface area contributed by atoms with E-state index in [1.807, 2.05) is 27.7 Å². The Hall–Kier alpha value is -1.67. The van der Waals surface area contributed by atoms with Gasteiger partial charge in [-0.15, -0.1) is 0 Å². The van der Waals surface area contributed by atoms with Crippen molar-refractivity contribution in [3.8, 4) is 0 Å². The third-order valence-corrected chi connectivity index (χ3v) is 4.55. The summed E-state index contributed by atoms with van der Waals surface area (Å²) in [4.78, 5) is 23.1. The summed E-state index contributed by atoms with van der Waals surface area (Å²) in [6.45, 7) is 10.9. The van der Waals surface area contributed by atoms with Gasteiger partial charge in [0.25, 0.3) is 11.4 Å². The summed E-state index contributed by atoms with van der Waals surface area (Å²) >= 11 is 0.960. The minimum absolute atomic E-state index is 0.157. The van der Waals surface area contributed by atoms with Crippen LogP contribution in [0.5, 0.6) is 0 Å². The lowest BCUT2D eigenvalue weighted by atomic mass is 9.85. The molecule has 0 amide bonds. The smallest absolute Gasteiger partial charge is 0.284 e. The predicted molar refractivity (Wildman–Crippen MR) is 94.9 cm³/mol. The second kappa shape index (κ2) is 7.94. The fraction of sp³-hybridized carbons (Fsp3) is 0.625. The van der Waals surface area contributed by atoms with E-state index in [1.165, 1.54) is 7.11 Å². The van der Waals surface area contributed by atoms with Crippen LogP contribution in [0.1, 0.15) is 76.0 Å². The van der Waals surface area contributed by atoms with Crippen LogP contribution in [0, 0.1) is 20.2 Å². The number of rotatable bonds is 7. The maximum atomic E-state index is 11.8. The van der Waals surface area contributed by atoms with Crippen LogP contribution >= 0.6 is 12.0 Å². The molecule has 1 aromatic carbocycles. The van der Waals surface area contributed by atoms with Crippen molar-refractivity contribution in [2.24, 2.45) is 0 Å². The van der Waals surface area contributed by atoms with Gasteiger partial charge in [0, 0.05) is 23.2 Å². The largest absolute Gasteiger partial charge is 0.314 e. The summed E-state index contributed by atoms with van der Waals surface area (Å²) in [6.07, 6.45) is 0. The van der Waals surface area contributed by atoms with Crippen LogP contribution in [-0.4, -0.2) is 17.0 Å². The van der Waals surface area contributed by atoms with Gasteiger partial charge in [0.2, 0.25) is 0 Å². The van der Waals surface area contributed by atoms with E-state index >= 15 is 0 Å². The molecule has 0 aliphatic heterocycles. The molecule has 1 rings (SSSR count). The van der Waals surface area contributed by atoms with E-state index in [-0.39, 0.29) is 34.7 Å². The molecule has 0 aromatic heterocycles. The second-order valence-corrected chi connectivity index (χ2v) is 7.40. The van der Waals surface area contributed by atoms with Crippen molar-refractivity contribution >= 4 is 23.4 Å². The lowest BCUT2D eigenvalue weighted by molar-refractivity contribution is -0.397. The molecule has 0 fully saturated rings.